The number of hydrogen-bond acceptors (Lipinski definition) is 6. The maximum absolute atomic E-state index is 13.5. The summed E-state index contributed by atoms with van der Waals surface area (Å²) in [4.78, 5) is 11.8. The number of aromatic nitrogens is 2. The summed E-state index contributed by atoms with van der Waals surface area (Å²) in [7, 11) is 0. The van der Waals surface area contributed by atoms with Gasteiger partial charge >= 0.3 is 5.97 Å². The molecule has 3 rings (SSSR count). The monoisotopic (exact) mass is 362 g/mol. The van der Waals surface area contributed by atoms with Crippen molar-refractivity contribution in [1.29, 1.82) is 0 Å². The molecular weight excluding hydrogens is 350 g/mol. The molecule has 0 atom stereocenters. The molecule has 3 aromatic rings. The highest BCUT2D eigenvalue weighted by Crippen LogP contribution is 2.23. The molecule has 0 saturated carbocycles. The SMILES string of the molecule is O=C(CSc1cc(F)ccc1F)OCc1nnc(-c2ccccc2)o1. The van der Waals surface area contributed by atoms with Gasteiger partial charge in [0.1, 0.15) is 11.6 Å². The molecule has 0 saturated heterocycles. The van der Waals surface area contributed by atoms with Crippen molar-refractivity contribution in [2.75, 3.05) is 5.75 Å². The predicted molar refractivity (Wildman–Crippen MR) is 86.6 cm³/mol. The van der Waals surface area contributed by atoms with Gasteiger partial charge in [-0.05, 0) is 30.3 Å². The van der Waals surface area contributed by atoms with Gasteiger partial charge < -0.3 is 9.15 Å². The van der Waals surface area contributed by atoms with Crippen LogP contribution in [0.15, 0.2) is 57.8 Å². The fraction of sp³-hybridized carbons (Fsp3) is 0.118. The Morgan fingerprint density at radius 2 is 1.92 bits per heavy atom. The number of carbonyl (C=O) groups is 1. The van der Waals surface area contributed by atoms with Gasteiger partial charge in [-0.25, -0.2) is 8.78 Å². The zero-order valence-electron chi connectivity index (χ0n) is 12.8. The smallest absolute Gasteiger partial charge is 0.316 e. The Morgan fingerprint density at radius 1 is 1.12 bits per heavy atom. The van der Waals surface area contributed by atoms with E-state index in [0.29, 0.717) is 5.89 Å². The van der Waals surface area contributed by atoms with E-state index in [9.17, 15) is 13.6 Å². The lowest BCUT2D eigenvalue weighted by molar-refractivity contribution is -0.142. The van der Waals surface area contributed by atoms with Crippen molar-refractivity contribution in [3.05, 3.63) is 66.1 Å². The van der Waals surface area contributed by atoms with Gasteiger partial charge in [0.25, 0.3) is 5.89 Å². The van der Waals surface area contributed by atoms with E-state index in [-0.39, 0.29) is 23.1 Å². The third-order valence-corrected chi connectivity index (χ3v) is 4.09. The summed E-state index contributed by atoms with van der Waals surface area (Å²) in [5.74, 6) is -1.47. The molecule has 0 radical (unpaired) electrons. The average Bonchev–Trinajstić information content (AvgIpc) is 3.10. The number of carbonyl (C=O) groups excluding carboxylic acids is 1. The standard InChI is InChI=1S/C17H12F2N2O3S/c18-12-6-7-13(19)14(8-12)25-10-16(22)23-9-15-20-21-17(24-15)11-4-2-1-3-5-11/h1-8H,9-10H2. The topological polar surface area (TPSA) is 65.2 Å². The Bertz CT molecular complexity index is 871. The Kier molecular flexibility index (Phi) is 5.39. The van der Waals surface area contributed by atoms with Crippen LogP contribution in [0, 0.1) is 11.6 Å². The van der Waals surface area contributed by atoms with E-state index in [1.165, 1.54) is 0 Å². The highest BCUT2D eigenvalue weighted by Gasteiger charge is 2.12. The van der Waals surface area contributed by atoms with E-state index in [0.717, 1.165) is 35.5 Å². The molecule has 0 aliphatic rings. The molecule has 0 N–H and O–H groups in total. The van der Waals surface area contributed by atoms with Crippen LogP contribution in [0.1, 0.15) is 5.89 Å². The van der Waals surface area contributed by atoms with Gasteiger partial charge in [-0.3, -0.25) is 4.79 Å². The van der Waals surface area contributed by atoms with Gasteiger partial charge in [-0.1, -0.05) is 18.2 Å². The fourth-order valence-electron chi connectivity index (χ4n) is 1.92. The second kappa shape index (κ2) is 7.89. The molecule has 128 valence electrons. The van der Waals surface area contributed by atoms with Crippen molar-refractivity contribution in [3.8, 4) is 11.5 Å². The molecule has 0 fully saturated rings. The van der Waals surface area contributed by atoms with E-state index < -0.39 is 17.6 Å². The summed E-state index contributed by atoms with van der Waals surface area (Å²) in [5, 5.41) is 7.67. The van der Waals surface area contributed by atoms with Crippen LogP contribution in [0.5, 0.6) is 0 Å². The largest absolute Gasteiger partial charge is 0.455 e. The normalized spacial score (nSPS) is 10.6. The first-order valence-corrected chi connectivity index (χ1v) is 8.21. The summed E-state index contributed by atoms with van der Waals surface area (Å²) in [6.07, 6.45) is 0. The number of hydrogen-bond donors (Lipinski definition) is 0. The first-order chi connectivity index (χ1) is 12.1. The lowest BCUT2D eigenvalue weighted by atomic mass is 10.2. The molecule has 1 aromatic heterocycles. The summed E-state index contributed by atoms with van der Waals surface area (Å²) >= 11 is 0.850. The second-order valence-corrected chi connectivity index (χ2v) is 5.91. The molecule has 0 aliphatic heterocycles. The average molecular weight is 362 g/mol. The van der Waals surface area contributed by atoms with Crippen LogP contribution in [0.4, 0.5) is 8.78 Å². The Balaban J connectivity index is 1.51. The van der Waals surface area contributed by atoms with Crippen LogP contribution in [-0.2, 0) is 16.1 Å². The van der Waals surface area contributed by atoms with Crippen LogP contribution in [0.2, 0.25) is 0 Å². The van der Waals surface area contributed by atoms with Gasteiger partial charge in [0.15, 0.2) is 6.61 Å². The maximum Gasteiger partial charge on any atom is 0.316 e. The quantitative estimate of drug-likeness (QED) is 0.490. The van der Waals surface area contributed by atoms with Crippen LogP contribution in [0.3, 0.4) is 0 Å². The number of halogens is 2. The van der Waals surface area contributed by atoms with E-state index in [1.807, 2.05) is 30.3 Å². The molecule has 25 heavy (non-hydrogen) atoms. The number of esters is 1. The van der Waals surface area contributed by atoms with Gasteiger partial charge in [-0.2, -0.15) is 0 Å². The minimum Gasteiger partial charge on any atom is -0.455 e. The number of benzene rings is 2. The Labute approximate surface area is 146 Å². The molecule has 0 spiro atoms. The predicted octanol–water partition coefficient (Wildman–Crippen LogP) is 3.85. The van der Waals surface area contributed by atoms with Crippen molar-refractivity contribution in [2.45, 2.75) is 11.5 Å². The van der Waals surface area contributed by atoms with Crippen LogP contribution in [-0.4, -0.2) is 21.9 Å². The number of thioether (sulfide) groups is 1. The van der Waals surface area contributed by atoms with Crippen molar-refractivity contribution < 1.29 is 22.7 Å². The van der Waals surface area contributed by atoms with E-state index in [1.54, 1.807) is 0 Å². The van der Waals surface area contributed by atoms with Gasteiger partial charge in [0, 0.05) is 10.5 Å². The first-order valence-electron chi connectivity index (χ1n) is 7.23. The van der Waals surface area contributed by atoms with Crippen molar-refractivity contribution >= 4 is 17.7 Å². The highest BCUT2D eigenvalue weighted by molar-refractivity contribution is 8.00. The molecule has 5 nitrogen and oxygen atoms in total. The minimum absolute atomic E-state index is 0.0427. The van der Waals surface area contributed by atoms with Crippen LogP contribution in [0.25, 0.3) is 11.5 Å². The third kappa shape index (κ3) is 4.63. The first kappa shape index (κ1) is 17.1. The second-order valence-electron chi connectivity index (χ2n) is 4.89. The summed E-state index contributed by atoms with van der Waals surface area (Å²) in [5.41, 5.74) is 0.754. The molecule has 8 heteroatoms. The van der Waals surface area contributed by atoms with Crippen molar-refractivity contribution in [3.63, 3.8) is 0 Å². The van der Waals surface area contributed by atoms with Crippen molar-refractivity contribution in [1.82, 2.24) is 10.2 Å². The number of nitrogens with zero attached hydrogens (tertiary/aromatic N) is 2. The summed E-state index contributed by atoms with van der Waals surface area (Å²) < 4.78 is 36.9. The molecule has 0 aliphatic carbocycles. The minimum atomic E-state index is -0.604. The highest BCUT2D eigenvalue weighted by atomic mass is 32.2. The molecular formula is C17H12F2N2O3S. The van der Waals surface area contributed by atoms with E-state index in [4.69, 9.17) is 9.15 Å². The Morgan fingerprint density at radius 3 is 2.72 bits per heavy atom. The van der Waals surface area contributed by atoms with Gasteiger partial charge in [0.2, 0.25) is 5.89 Å². The lowest BCUT2D eigenvalue weighted by Gasteiger charge is -2.03. The van der Waals surface area contributed by atoms with Crippen LogP contribution >= 0.6 is 11.8 Å². The molecule has 0 amide bonds. The van der Waals surface area contributed by atoms with Crippen molar-refractivity contribution in [2.24, 2.45) is 0 Å². The van der Waals surface area contributed by atoms with Crippen LogP contribution < -0.4 is 0 Å². The summed E-state index contributed by atoms with van der Waals surface area (Å²) in [6, 6.07) is 12.2. The van der Waals surface area contributed by atoms with E-state index >= 15 is 0 Å². The fourth-order valence-corrected chi connectivity index (χ4v) is 2.68. The molecule has 0 bridgehead atoms. The summed E-state index contributed by atoms with van der Waals surface area (Å²) in [6.45, 7) is -0.190. The Hall–Kier alpha value is -2.74. The van der Waals surface area contributed by atoms with Gasteiger partial charge in [-0.15, -0.1) is 22.0 Å². The van der Waals surface area contributed by atoms with Gasteiger partial charge in [0.05, 0.1) is 5.75 Å². The molecule has 0 unspecified atom stereocenters. The number of ether oxygens (including phenoxy) is 1. The zero-order valence-corrected chi connectivity index (χ0v) is 13.6. The van der Waals surface area contributed by atoms with E-state index in [2.05, 4.69) is 10.2 Å². The number of rotatable bonds is 6. The third-order valence-electron chi connectivity index (χ3n) is 3.08. The zero-order chi connectivity index (χ0) is 17.6. The lowest BCUT2D eigenvalue weighted by Crippen LogP contribution is -2.07. The molecule has 1 heterocycles. The molecule has 2 aromatic carbocycles. The maximum atomic E-state index is 13.5.